The van der Waals surface area contributed by atoms with Crippen LogP contribution < -0.4 is 0 Å². The zero-order valence-corrected chi connectivity index (χ0v) is 12.1. The number of phenolic OH excluding ortho intramolecular Hbond substituents is 1. The number of likely N-dealkylation sites (tertiary alicyclic amines) is 1. The van der Waals surface area contributed by atoms with Crippen molar-refractivity contribution in [2.45, 2.75) is 12.8 Å². The molecule has 0 unspecified atom stereocenters. The molecule has 0 bridgehead atoms. The van der Waals surface area contributed by atoms with Gasteiger partial charge in [0.15, 0.2) is 6.61 Å². The second-order valence-electron chi connectivity index (χ2n) is 5.35. The molecule has 5 nitrogen and oxygen atoms in total. The Morgan fingerprint density at radius 2 is 1.82 bits per heavy atom. The first-order valence-corrected chi connectivity index (χ1v) is 7.32. The lowest BCUT2D eigenvalue weighted by atomic mass is 10.1. The summed E-state index contributed by atoms with van der Waals surface area (Å²) in [6.45, 7) is 1.15. The maximum Gasteiger partial charge on any atom is 0.342 e. The zero-order chi connectivity index (χ0) is 15.5. The number of rotatable bonds is 3. The topological polar surface area (TPSA) is 66.8 Å². The first-order valence-electron chi connectivity index (χ1n) is 7.32. The third-order valence-electron chi connectivity index (χ3n) is 3.91. The van der Waals surface area contributed by atoms with Crippen LogP contribution in [-0.2, 0) is 9.53 Å². The van der Waals surface area contributed by atoms with Crippen molar-refractivity contribution in [2.24, 2.45) is 0 Å². The standard InChI is InChI=1S/C17H17NO4/c19-15(18-9-3-4-10-18)11-22-17(21)14-8-7-12-5-1-2-6-13(12)16(14)20/h1-2,5-8,20H,3-4,9-11H2. The molecular weight excluding hydrogens is 282 g/mol. The second kappa shape index (κ2) is 6.05. The number of aromatic hydroxyl groups is 1. The summed E-state index contributed by atoms with van der Waals surface area (Å²) < 4.78 is 5.04. The maximum atomic E-state index is 12.1. The molecule has 0 spiro atoms. The van der Waals surface area contributed by atoms with E-state index in [9.17, 15) is 14.7 Å². The first kappa shape index (κ1) is 14.4. The van der Waals surface area contributed by atoms with Gasteiger partial charge >= 0.3 is 5.97 Å². The quantitative estimate of drug-likeness (QED) is 0.883. The molecule has 0 aromatic heterocycles. The summed E-state index contributed by atoms with van der Waals surface area (Å²) in [6, 6.07) is 10.5. The molecule has 1 aliphatic rings. The monoisotopic (exact) mass is 299 g/mol. The van der Waals surface area contributed by atoms with Gasteiger partial charge in [0.25, 0.3) is 5.91 Å². The van der Waals surface area contributed by atoms with E-state index in [2.05, 4.69) is 0 Å². The van der Waals surface area contributed by atoms with Crippen LogP contribution in [0, 0.1) is 0 Å². The Morgan fingerprint density at radius 3 is 2.59 bits per heavy atom. The van der Waals surface area contributed by atoms with Crippen molar-refractivity contribution < 1.29 is 19.4 Å². The van der Waals surface area contributed by atoms with Crippen molar-refractivity contribution in [1.29, 1.82) is 0 Å². The molecule has 3 rings (SSSR count). The molecule has 0 aliphatic carbocycles. The fourth-order valence-corrected chi connectivity index (χ4v) is 2.68. The van der Waals surface area contributed by atoms with E-state index in [4.69, 9.17) is 4.74 Å². The Bertz CT molecular complexity index is 720. The summed E-state index contributed by atoms with van der Waals surface area (Å²) in [4.78, 5) is 25.6. The van der Waals surface area contributed by atoms with Crippen LogP contribution in [0.3, 0.4) is 0 Å². The second-order valence-corrected chi connectivity index (χ2v) is 5.35. The summed E-state index contributed by atoms with van der Waals surface area (Å²) in [5.41, 5.74) is 0.0768. The molecule has 0 radical (unpaired) electrons. The molecule has 1 amide bonds. The predicted molar refractivity (Wildman–Crippen MR) is 81.7 cm³/mol. The van der Waals surface area contributed by atoms with Crippen molar-refractivity contribution in [3.05, 3.63) is 42.0 Å². The van der Waals surface area contributed by atoms with E-state index in [1.165, 1.54) is 6.07 Å². The number of esters is 1. The van der Waals surface area contributed by atoms with Gasteiger partial charge in [0, 0.05) is 18.5 Å². The van der Waals surface area contributed by atoms with Crippen LogP contribution in [0.25, 0.3) is 10.8 Å². The molecule has 1 heterocycles. The Labute approximate surface area is 128 Å². The molecule has 5 heteroatoms. The normalized spacial score (nSPS) is 14.3. The number of carbonyl (C=O) groups is 2. The molecule has 1 fully saturated rings. The van der Waals surface area contributed by atoms with Gasteiger partial charge in [0.1, 0.15) is 11.3 Å². The number of carbonyl (C=O) groups excluding carboxylic acids is 2. The van der Waals surface area contributed by atoms with E-state index in [0.29, 0.717) is 5.39 Å². The summed E-state index contributed by atoms with van der Waals surface area (Å²) in [5, 5.41) is 11.6. The Hall–Kier alpha value is -2.56. The van der Waals surface area contributed by atoms with Crippen LogP contribution in [-0.4, -0.2) is 41.6 Å². The molecule has 0 saturated carbocycles. The number of benzene rings is 2. The highest BCUT2D eigenvalue weighted by Crippen LogP contribution is 2.28. The number of phenols is 1. The highest BCUT2D eigenvalue weighted by molar-refractivity contribution is 6.01. The SMILES string of the molecule is O=C(OCC(=O)N1CCCC1)c1ccc2ccccc2c1O. The van der Waals surface area contributed by atoms with Crippen LogP contribution in [0.4, 0.5) is 0 Å². The van der Waals surface area contributed by atoms with Gasteiger partial charge in [-0.05, 0) is 24.3 Å². The van der Waals surface area contributed by atoms with Crippen molar-refractivity contribution >= 4 is 22.6 Å². The summed E-state index contributed by atoms with van der Waals surface area (Å²) in [5.74, 6) is -0.987. The van der Waals surface area contributed by atoms with E-state index in [0.717, 1.165) is 31.3 Å². The molecule has 1 N–H and O–H groups in total. The molecular formula is C17H17NO4. The molecule has 114 valence electrons. The minimum absolute atomic E-state index is 0.0768. The lowest BCUT2D eigenvalue weighted by Crippen LogP contribution is -2.32. The number of amides is 1. The molecule has 1 aliphatic heterocycles. The van der Waals surface area contributed by atoms with Gasteiger partial charge in [-0.15, -0.1) is 0 Å². The largest absolute Gasteiger partial charge is 0.506 e. The van der Waals surface area contributed by atoms with Crippen LogP contribution in [0.1, 0.15) is 23.2 Å². The van der Waals surface area contributed by atoms with E-state index in [1.54, 1.807) is 23.1 Å². The Morgan fingerprint density at radius 1 is 1.09 bits per heavy atom. The minimum atomic E-state index is -0.684. The van der Waals surface area contributed by atoms with Crippen LogP contribution in [0.5, 0.6) is 5.75 Å². The highest BCUT2D eigenvalue weighted by Gasteiger charge is 2.21. The molecule has 1 saturated heterocycles. The minimum Gasteiger partial charge on any atom is -0.506 e. The van der Waals surface area contributed by atoms with Crippen molar-refractivity contribution in [3.8, 4) is 5.75 Å². The van der Waals surface area contributed by atoms with E-state index in [-0.39, 0.29) is 23.8 Å². The fourth-order valence-electron chi connectivity index (χ4n) is 2.68. The van der Waals surface area contributed by atoms with E-state index >= 15 is 0 Å². The Balaban J connectivity index is 1.72. The third kappa shape index (κ3) is 2.74. The number of fused-ring (bicyclic) bond motifs is 1. The highest BCUT2D eigenvalue weighted by atomic mass is 16.5. The Kier molecular flexibility index (Phi) is 3.96. The number of nitrogens with zero attached hydrogens (tertiary/aromatic N) is 1. The van der Waals surface area contributed by atoms with Gasteiger partial charge in [0.05, 0.1) is 0 Å². The number of hydrogen-bond acceptors (Lipinski definition) is 4. The predicted octanol–water partition coefficient (Wildman–Crippen LogP) is 2.32. The first-order chi connectivity index (χ1) is 10.7. The van der Waals surface area contributed by atoms with Gasteiger partial charge < -0.3 is 14.7 Å². The molecule has 0 atom stereocenters. The van der Waals surface area contributed by atoms with Crippen LogP contribution in [0.2, 0.25) is 0 Å². The lowest BCUT2D eigenvalue weighted by Gasteiger charge is -2.15. The van der Waals surface area contributed by atoms with Crippen molar-refractivity contribution in [2.75, 3.05) is 19.7 Å². The van der Waals surface area contributed by atoms with Gasteiger partial charge in [-0.25, -0.2) is 4.79 Å². The number of hydrogen-bond donors (Lipinski definition) is 1. The van der Waals surface area contributed by atoms with Gasteiger partial charge in [-0.2, -0.15) is 0 Å². The summed E-state index contributed by atoms with van der Waals surface area (Å²) in [7, 11) is 0. The summed E-state index contributed by atoms with van der Waals surface area (Å²) >= 11 is 0. The third-order valence-corrected chi connectivity index (χ3v) is 3.91. The van der Waals surface area contributed by atoms with E-state index in [1.807, 2.05) is 12.1 Å². The van der Waals surface area contributed by atoms with Crippen LogP contribution >= 0.6 is 0 Å². The molecule has 2 aromatic carbocycles. The average molecular weight is 299 g/mol. The molecule has 22 heavy (non-hydrogen) atoms. The van der Waals surface area contributed by atoms with Crippen LogP contribution in [0.15, 0.2) is 36.4 Å². The smallest absolute Gasteiger partial charge is 0.342 e. The summed E-state index contributed by atoms with van der Waals surface area (Å²) in [6.07, 6.45) is 1.98. The maximum absolute atomic E-state index is 12.1. The number of ether oxygens (including phenoxy) is 1. The fraction of sp³-hybridized carbons (Fsp3) is 0.294. The van der Waals surface area contributed by atoms with Gasteiger partial charge in [0.2, 0.25) is 0 Å². The molecule has 2 aromatic rings. The lowest BCUT2D eigenvalue weighted by molar-refractivity contribution is -0.133. The van der Waals surface area contributed by atoms with Gasteiger partial charge in [-0.3, -0.25) is 4.79 Å². The average Bonchev–Trinajstić information content (AvgIpc) is 3.07. The van der Waals surface area contributed by atoms with Crippen molar-refractivity contribution in [3.63, 3.8) is 0 Å². The van der Waals surface area contributed by atoms with Gasteiger partial charge in [-0.1, -0.05) is 30.3 Å². The van der Waals surface area contributed by atoms with Crippen molar-refractivity contribution in [1.82, 2.24) is 4.90 Å². The zero-order valence-electron chi connectivity index (χ0n) is 12.1. The van der Waals surface area contributed by atoms with E-state index < -0.39 is 5.97 Å².